The third-order valence-electron chi connectivity index (χ3n) is 3.36. The Morgan fingerprint density at radius 1 is 1.53 bits per heavy atom. The molecule has 88 valence electrons. The van der Waals surface area contributed by atoms with Crippen molar-refractivity contribution in [1.82, 2.24) is 0 Å². The monoisotopic (exact) mass is 213 g/mol. The number of methoxy groups -OCH3 is 1. The highest BCUT2D eigenvalue weighted by molar-refractivity contribution is 5.83. The molecule has 0 spiro atoms. The summed E-state index contributed by atoms with van der Waals surface area (Å²) in [5.74, 6) is 0.725. The number of rotatable bonds is 5. The third kappa shape index (κ3) is 3.92. The quantitative estimate of drug-likeness (QED) is 0.757. The van der Waals surface area contributed by atoms with Gasteiger partial charge in [-0.1, -0.05) is 13.3 Å². The van der Waals surface area contributed by atoms with Gasteiger partial charge in [0.1, 0.15) is 5.78 Å². The standard InChI is InChI=1S/C12H23NO2/c1-9(6-7-15-2)12(14)10-4-3-5-11(13)8-10/h9-11H,3-8,13H2,1-2H3. The van der Waals surface area contributed by atoms with Crippen LogP contribution in [-0.4, -0.2) is 25.5 Å². The van der Waals surface area contributed by atoms with Crippen LogP contribution in [-0.2, 0) is 9.53 Å². The van der Waals surface area contributed by atoms with Gasteiger partial charge in [-0.15, -0.1) is 0 Å². The first-order chi connectivity index (χ1) is 7.15. The second-order valence-corrected chi connectivity index (χ2v) is 4.71. The molecular formula is C12H23NO2. The van der Waals surface area contributed by atoms with Crippen molar-refractivity contribution in [3.05, 3.63) is 0 Å². The molecule has 0 radical (unpaired) electrons. The molecule has 0 aromatic rings. The lowest BCUT2D eigenvalue weighted by molar-refractivity contribution is -0.128. The number of ketones is 1. The maximum absolute atomic E-state index is 12.0. The van der Waals surface area contributed by atoms with Gasteiger partial charge in [-0.2, -0.15) is 0 Å². The van der Waals surface area contributed by atoms with Crippen molar-refractivity contribution in [3.63, 3.8) is 0 Å². The number of ether oxygens (including phenoxy) is 1. The summed E-state index contributed by atoms with van der Waals surface area (Å²) < 4.78 is 4.99. The van der Waals surface area contributed by atoms with Crippen molar-refractivity contribution in [1.29, 1.82) is 0 Å². The van der Waals surface area contributed by atoms with Crippen molar-refractivity contribution in [2.75, 3.05) is 13.7 Å². The number of hydrogen-bond donors (Lipinski definition) is 1. The summed E-state index contributed by atoms with van der Waals surface area (Å²) in [4.78, 5) is 12.0. The molecule has 1 aliphatic carbocycles. The molecule has 1 rings (SSSR count). The van der Waals surface area contributed by atoms with Gasteiger partial charge in [-0.3, -0.25) is 4.79 Å². The Morgan fingerprint density at radius 3 is 2.87 bits per heavy atom. The molecule has 0 bridgehead atoms. The molecule has 0 aliphatic heterocycles. The minimum Gasteiger partial charge on any atom is -0.385 e. The molecule has 3 nitrogen and oxygen atoms in total. The van der Waals surface area contributed by atoms with Crippen LogP contribution < -0.4 is 5.73 Å². The lowest BCUT2D eigenvalue weighted by atomic mass is 9.79. The second-order valence-electron chi connectivity index (χ2n) is 4.71. The number of hydrogen-bond acceptors (Lipinski definition) is 3. The van der Waals surface area contributed by atoms with Gasteiger partial charge >= 0.3 is 0 Å². The first-order valence-electron chi connectivity index (χ1n) is 5.93. The molecule has 3 unspecified atom stereocenters. The van der Waals surface area contributed by atoms with E-state index in [0.717, 1.165) is 32.1 Å². The van der Waals surface area contributed by atoms with Crippen molar-refractivity contribution >= 4 is 5.78 Å². The lowest BCUT2D eigenvalue weighted by Gasteiger charge is -2.27. The zero-order chi connectivity index (χ0) is 11.3. The summed E-state index contributed by atoms with van der Waals surface area (Å²) in [5.41, 5.74) is 5.89. The highest BCUT2D eigenvalue weighted by Crippen LogP contribution is 2.26. The van der Waals surface area contributed by atoms with Gasteiger partial charge in [0.05, 0.1) is 0 Å². The van der Waals surface area contributed by atoms with Crippen LogP contribution in [0.1, 0.15) is 39.0 Å². The lowest BCUT2D eigenvalue weighted by Crippen LogP contribution is -2.34. The summed E-state index contributed by atoms with van der Waals surface area (Å²) in [6.07, 6.45) is 4.94. The fraction of sp³-hybridized carbons (Fsp3) is 0.917. The molecule has 1 saturated carbocycles. The van der Waals surface area contributed by atoms with Crippen LogP contribution in [0.5, 0.6) is 0 Å². The van der Waals surface area contributed by atoms with E-state index < -0.39 is 0 Å². The Labute approximate surface area is 92.4 Å². The molecule has 15 heavy (non-hydrogen) atoms. The molecule has 0 saturated heterocycles. The molecule has 0 aromatic heterocycles. The molecule has 2 N–H and O–H groups in total. The average molecular weight is 213 g/mol. The van der Waals surface area contributed by atoms with E-state index in [1.807, 2.05) is 6.92 Å². The minimum absolute atomic E-state index is 0.125. The zero-order valence-corrected chi connectivity index (χ0v) is 9.87. The van der Waals surface area contributed by atoms with E-state index in [9.17, 15) is 4.79 Å². The average Bonchev–Trinajstić information content (AvgIpc) is 2.24. The molecule has 0 heterocycles. The fourth-order valence-corrected chi connectivity index (χ4v) is 2.33. The number of carbonyl (C=O) groups is 1. The maximum atomic E-state index is 12.0. The van der Waals surface area contributed by atoms with Crippen molar-refractivity contribution in [2.24, 2.45) is 17.6 Å². The molecule has 0 amide bonds. The smallest absolute Gasteiger partial charge is 0.138 e. The van der Waals surface area contributed by atoms with Gasteiger partial charge in [0.15, 0.2) is 0 Å². The SMILES string of the molecule is COCCC(C)C(=O)C1CCCC(N)C1. The van der Waals surface area contributed by atoms with Crippen LogP contribution >= 0.6 is 0 Å². The van der Waals surface area contributed by atoms with E-state index in [4.69, 9.17) is 10.5 Å². The number of carbonyl (C=O) groups excluding carboxylic acids is 1. The zero-order valence-electron chi connectivity index (χ0n) is 9.87. The normalized spacial score (nSPS) is 28.7. The molecule has 1 fully saturated rings. The maximum Gasteiger partial charge on any atom is 0.138 e. The van der Waals surface area contributed by atoms with E-state index >= 15 is 0 Å². The van der Waals surface area contributed by atoms with Crippen molar-refractivity contribution in [3.8, 4) is 0 Å². The van der Waals surface area contributed by atoms with Gasteiger partial charge < -0.3 is 10.5 Å². The number of Topliss-reactive ketones (excluding diaryl/α,β-unsaturated/α-hetero) is 1. The van der Waals surface area contributed by atoms with Gasteiger partial charge in [0.25, 0.3) is 0 Å². The van der Waals surface area contributed by atoms with Crippen LogP contribution in [0, 0.1) is 11.8 Å². The van der Waals surface area contributed by atoms with Gasteiger partial charge in [0, 0.05) is 31.6 Å². The van der Waals surface area contributed by atoms with Crippen LogP contribution in [0.25, 0.3) is 0 Å². The predicted molar refractivity (Wildman–Crippen MR) is 60.6 cm³/mol. The first-order valence-corrected chi connectivity index (χ1v) is 5.93. The van der Waals surface area contributed by atoms with Crippen molar-refractivity contribution in [2.45, 2.75) is 45.1 Å². The summed E-state index contributed by atoms with van der Waals surface area (Å²) >= 11 is 0. The van der Waals surface area contributed by atoms with Crippen LogP contribution in [0.15, 0.2) is 0 Å². The predicted octanol–water partition coefficient (Wildman–Crippen LogP) is 1.75. The Bertz CT molecular complexity index is 206. The highest BCUT2D eigenvalue weighted by Gasteiger charge is 2.28. The molecule has 3 atom stereocenters. The topological polar surface area (TPSA) is 52.3 Å². The van der Waals surface area contributed by atoms with E-state index in [1.54, 1.807) is 7.11 Å². The van der Waals surface area contributed by atoms with Crippen LogP contribution in [0.4, 0.5) is 0 Å². The van der Waals surface area contributed by atoms with E-state index in [1.165, 1.54) is 0 Å². The first kappa shape index (κ1) is 12.7. The fourth-order valence-electron chi connectivity index (χ4n) is 2.33. The van der Waals surface area contributed by atoms with Gasteiger partial charge in [-0.25, -0.2) is 0 Å². The number of nitrogens with two attached hydrogens (primary N) is 1. The molecule has 1 aliphatic rings. The Hall–Kier alpha value is -0.410. The molecule has 0 aromatic carbocycles. The van der Waals surface area contributed by atoms with Crippen LogP contribution in [0.2, 0.25) is 0 Å². The summed E-state index contributed by atoms with van der Waals surface area (Å²) in [7, 11) is 1.67. The molecule has 3 heteroatoms. The Morgan fingerprint density at radius 2 is 2.27 bits per heavy atom. The third-order valence-corrected chi connectivity index (χ3v) is 3.36. The second kappa shape index (κ2) is 6.23. The van der Waals surface area contributed by atoms with E-state index in [0.29, 0.717) is 12.4 Å². The van der Waals surface area contributed by atoms with Gasteiger partial charge in [-0.05, 0) is 25.7 Å². The van der Waals surface area contributed by atoms with Crippen LogP contribution in [0.3, 0.4) is 0 Å². The Balaban J connectivity index is 2.37. The van der Waals surface area contributed by atoms with Gasteiger partial charge in [0.2, 0.25) is 0 Å². The largest absolute Gasteiger partial charge is 0.385 e. The highest BCUT2D eigenvalue weighted by atomic mass is 16.5. The summed E-state index contributed by atoms with van der Waals surface area (Å²) in [5, 5.41) is 0. The summed E-state index contributed by atoms with van der Waals surface area (Å²) in [6.45, 7) is 2.67. The molecular weight excluding hydrogens is 190 g/mol. The summed E-state index contributed by atoms with van der Waals surface area (Å²) in [6, 6.07) is 0.238. The van der Waals surface area contributed by atoms with E-state index in [2.05, 4.69) is 0 Å². The minimum atomic E-state index is 0.125. The van der Waals surface area contributed by atoms with E-state index in [-0.39, 0.29) is 17.9 Å². The Kier molecular flexibility index (Phi) is 5.26. The van der Waals surface area contributed by atoms with Crippen molar-refractivity contribution < 1.29 is 9.53 Å².